The molecule has 0 saturated heterocycles. The molecule has 25 heavy (non-hydrogen) atoms. The molecule has 0 unspecified atom stereocenters. The van der Waals surface area contributed by atoms with Crippen molar-refractivity contribution in [2.45, 2.75) is 65.0 Å². The van der Waals surface area contributed by atoms with Crippen molar-refractivity contribution in [2.24, 2.45) is 0 Å². The molecule has 1 aliphatic heterocycles. The highest BCUT2D eigenvalue weighted by atomic mass is 16.2. The van der Waals surface area contributed by atoms with Crippen molar-refractivity contribution >= 4 is 5.91 Å². The van der Waals surface area contributed by atoms with Crippen molar-refractivity contribution in [3.05, 3.63) is 47.5 Å². The second kappa shape index (κ2) is 8.28. The highest BCUT2D eigenvalue weighted by molar-refractivity contribution is 5.91. The summed E-state index contributed by atoms with van der Waals surface area (Å²) in [5.41, 5.74) is 1.26. The number of carbonyl (C=O) groups is 1. The molecular weight excluding hydrogens is 312 g/mol. The van der Waals surface area contributed by atoms with Gasteiger partial charge in [-0.1, -0.05) is 44.2 Å². The van der Waals surface area contributed by atoms with Crippen molar-refractivity contribution in [1.82, 2.24) is 19.7 Å². The van der Waals surface area contributed by atoms with Gasteiger partial charge in [0.05, 0.1) is 0 Å². The van der Waals surface area contributed by atoms with E-state index < -0.39 is 0 Å². The third-order valence-corrected chi connectivity index (χ3v) is 5.18. The van der Waals surface area contributed by atoms with E-state index in [-0.39, 0.29) is 11.9 Å². The maximum Gasteiger partial charge on any atom is 0.292 e. The second-order valence-electron chi connectivity index (χ2n) is 6.75. The van der Waals surface area contributed by atoms with Crippen LogP contribution in [0, 0.1) is 0 Å². The van der Waals surface area contributed by atoms with E-state index in [1.165, 1.54) is 5.56 Å². The minimum absolute atomic E-state index is 0.0327. The summed E-state index contributed by atoms with van der Waals surface area (Å²) in [5, 5.41) is 8.50. The highest BCUT2D eigenvalue weighted by Crippen LogP contribution is 2.18. The van der Waals surface area contributed by atoms with Gasteiger partial charge in [-0.05, 0) is 37.7 Å². The lowest BCUT2D eigenvalue weighted by Crippen LogP contribution is -2.42. The van der Waals surface area contributed by atoms with Crippen LogP contribution in [0.5, 0.6) is 0 Å². The third kappa shape index (κ3) is 3.91. The fraction of sp³-hybridized carbons (Fsp3) is 0.550. The zero-order valence-electron chi connectivity index (χ0n) is 15.3. The van der Waals surface area contributed by atoms with Crippen LogP contribution >= 0.6 is 0 Å². The maximum absolute atomic E-state index is 13.3. The molecule has 2 aromatic rings. The number of nitrogens with zero attached hydrogens (tertiary/aromatic N) is 4. The molecule has 0 saturated carbocycles. The summed E-state index contributed by atoms with van der Waals surface area (Å²) >= 11 is 0. The van der Waals surface area contributed by atoms with Gasteiger partial charge in [0.25, 0.3) is 5.91 Å². The third-order valence-electron chi connectivity index (χ3n) is 5.18. The Kier molecular flexibility index (Phi) is 5.84. The topological polar surface area (TPSA) is 51.0 Å². The molecule has 1 amide bonds. The Hall–Kier alpha value is -2.17. The van der Waals surface area contributed by atoms with E-state index in [2.05, 4.69) is 36.2 Å². The van der Waals surface area contributed by atoms with Crippen molar-refractivity contribution in [1.29, 1.82) is 0 Å². The molecule has 0 atom stereocenters. The number of benzene rings is 1. The summed E-state index contributed by atoms with van der Waals surface area (Å²) in [5.74, 6) is 1.52. The molecule has 0 spiro atoms. The SMILES string of the molecule is CCC(CC)N(CCc1ccccc1)C(=O)c1nnc2n1CCCC2. The average Bonchev–Trinajstić information content (AvgIpc) is 3.09. The number of hydrogen-bond acceptors (Lipinski definition) is 3. The number of aryl methyl sites for hydroxylation is 1. The van der Waals surface area contributed by atoms with E-state index in [9.17, 15) is 4.79 Å². The van der Waals surface area contributed by atoms with Crippen LogP contribution in [-0.2, 0) is 19.4 Å². The van der Waals surface area contributed by atoms with Gasteiger partial charge in [-0.15, -0.1) is 10.2 Å². The fourth-order valence-electron chi connectivity index (χ4n) is 3.67. The zero-order valence-corrected chi connectivity index (χ0v) is 15.3. The smallest absolute Gasteiger partial charge is 0.292 e. The number of amides is 1. The van der Waals surface area contributed by atoms with Gasteiger partial charge in [-0.25, -0.2) is 0 Å². The predicted octanol–water partition coefficient (Wildman–Crippen LogP) is 3.49. The Balaban J connectivity index is 1.81. The first-order valence-electron chi connectivity index (χ1n) is 9.51. The Morgan fingerprint density at radius 3 is 2.64 bits per heavy atom. The lowest BCUT2D eigenvalue weighted by Gasteiger charge is -2.30. The fourth-order valence-corrected chi connectivity index (χ4v) is 3.67. The molecular formula is C20H28N4O. The molecule has 5 nitrogen and oxygen atoms in total. The molecule has 0 aliphatic carbocycles. The normalized spacial score (nSPS) is 13.7. The van der Waals surface area contributed by atoms with Crippen LogP contribution < -0.4 is 0 Å². The monoisotopic (exact) mass is 340 g/mol. The minimum atomic E-state index is 0.0327. The first kappa shape index (κ1) is 17.6. The van der Waals surface area contributed by atoms with Crippen LogP contribution in [0.2, 0.25) is 0 Å². The Labute approximate surface area is 150 Å². The molecule has 0 radical (unpaired) electrons. The van der Waals surface area contributed by atoms with Gasteiger partial charge in [-0.3, -0.25) is 4.79 Å². The first-order chi connectivity index (χ1) is 12.2. The number of aromatic nitrogens is 3. The van der Waals surface area contributed by atoms with Crippen molar-refractivity contribution in [3.8, 4) is 0 Å². The van der Waals surface area contributed by atoms with Crippen LogP contribution in [0.1, 0.15) is 61.5 Å². The van der Waals surface area contributed by atoms with E-state index in [1.54, 1.807) is 0 Å². The molecule has 0 N–H and O–H groups in total. The zero-order chi connectivity index (χ0) is 17.6. The average molecular weight is 340 g/mol. The summed E-state index contributed by atoms with van der Waals surface area (Å²) in [4.78, 5) is 15.3. The van der Waals surface area contributed by atoms with E-state index in [4.69, 9.17) is 0 Å². The van der Waals surface area contributed by atoms with Crippen LogP contribution in [-0.4, -0.2) is 38.2 Å². The molecule has 2 heterocycles. The highest BCUT2D eigenvalue weighted by Gasteiger charge is 2.28. The molecule has 0 fully saturated rings. The second-order valence-corrected chi connectivity index (χ2v) is 6.75. The van der Waals surface area contributed by atoms with Gasteiger partial charge in [0, 0.05) is 25.6 Å². The number of rotatable bonds is 7. The van der Waals surface area contributed by atoms with Crippen molar-refractivity contribution in [2.75, 3.05) is 6.54 Å². The number of carbonyl (C=O) groups excluding carboxylic acids is 1. The van der Waals surface area contributed by atoms with Crippen molar-refractivity contribution < 1.29 is 4.79 Å². The summed E-state index contributed by atoms with van der Waals surface area (Å²) in [6, 6.07) is 10.6. The van der Waals surface area contributed by atoms with Crippen LogP contribution in [0.4, 0.5) is 0 Å². The summed E-state index contributed by atoms with van der Waals surface area (Å²) < 4.78 is 2.03. The Bertz CT molecular complexity index is 691. The quantitative estimate of drug-likeness (QED) is 0.775. The van der Waals surface area contributed by atoms with Crippen LogP contribution in [0.15, 0.2) is 30.3 Å². The molecule has 134 valence electrons. The minimum Gasteiger partial charge on any atom is -0.333 e. The lowest BCUT2D eigenvalue weighted by molar-refractivity contribution is 0.0650. The summed E-state index contributed by atoms with van der Waals surface area (Å²) in [6.45, 7) is 5.88. The standard InChI is InChI=1S/C20H28N4O/c1-3-17(4-2)23(15-13-16-10-6-5-7-11-16)20(25)19-22-21-18-12-8-9-14-24(18)19/h5-7,10-11,17H,3-4,8-9,12-15H2,1-2H3. The molecule has 1 aromatic heterocycles. The molecule has 1 aromatic carbocycles. The Morgan fingerprint density at radius 2 is 1.92 bits per heavy atom. The first-order valence-corrected chi connectivity index (χ1v) is 9.51. The maximum atomic E-state index is 13.3. The Morgan fingerprint density at radius 1 is 1.16 bits per heavy atom. The molecule has 5 heteroatoms. The summed E-state index contributed by atoms with van der Waals surface area (Å²) in [7, 11) is 0. The van der Waals surface area contributed by atoms with Crippen LogP contribution in [0.25, 0.3) is 0 Å². The van der Waals surface area contributed by atoms with Gasteiger partial charge >= 0.3 is 0 Å². The van der Waals surface area contributed by atoms with E-state index in [1.807, 2.05) is 27.7 Å². The van der Waals surface area contributed by atoms with E-state index >= 15 is 0 Å². The van der Waals surface area contributed by atoms with Gasteiger partial charge in [0.15, 0.2) is 0 Å². The van der Waals surface area contributed by atoms with Gasteiger partial charge in [0.2, 0.25) is 5.82 Å². The number of fused-ring (bicyclic) bond motifs is 1. The van der Waals surface area contributed by atoms with E-state index in [0.29, 0.717) is 5.82 Å². The van der Waals surface area contributed by atoms with Gasteiger partial charge < -0.3 is 9.47 Å². The molecule has 1 aliphatic rings. The van der Waals surface area contributed by atoms with E-state index in [0.717, 1.165) is 57.4 Å². The number of hydrogen-bond donors (Lipinski definition) is 0. The largest absolute Gasteiger partial charge is 0.333 e. The van der Waals surface area contributed by atoms with Crippen LogP contribution in [0.3, 0.4) is 0 Å². The molecule has 3 rings (SSSR count). The van der Waals surface area contributed by atoms with Crippen molar-refractivity contribution in [3.63, 3.8) is 0 Å². The van der Waals surface area contributed by atoms with Gasteiger partial charge in [-0.2, -0.15) is 0 Å². The lowest BCUT2D eigenvalue weighted by atomic mass is 10.1. The predicted molar refractivity (Wildman–Crippen MR) is 98.5 cm³/mol. The summed E-state index contributed by atoms with van der Waals surface area (Å²) in [6.07, 6.45) is 5.94. The van der Waals surface area contributed by atoms with Gasteiger partial charge in [0.1, 0.15) is 5.82 Å². The molecule has 0 bridgehead atoms.